The Hall–Kier alpha value is -2.34. The zero-order chi connectivity index (χ0) is 15.2. The Morgan fingerprint density at radius 2 is 2.14 bits per heavy atom. The van der Waals surface area contributed by atoms with Crippen molar-refractivity contribution in [1.29, 1.82) is 0 Å². The Morgan fingerprint density at radius 1 is 1.43 bits per heavy atom. The second kappa shape index (κ2) is 6.90. The first-order valence-electron chi connectivity index (χ1n) is 6.38. The number of hydrogen-bond donors (Lipinski definition) is 2. The number of nitrogens with one attached hydrogen (secondary N) is 2. The molecule has 0 spiro atoms. The smallest absolute Gasteiger partial charge is 0.285 e. The summed E-state index contributed by atoms with van der Waals surface area (Å²) >= 11 is 5.85. The van der Waals surface area contributed by atoms with Gasteiger partial charge in [0.25, 0.3) is 5.56 Å². The molecule has 21 heavy (non-hydrogen) atoms. The molecule has 1 heterocycles. The van der Waals surface area contributed by atoms with Crippen molar-refractivity contribution in [2.75, 3.05) is 12.0 Å². The quantitative estimate of drug-likeness (QED) is 0.657. The molecule has 2 aromatic rings. The lowest BCUT2D eigenvalue weighted by Gasteiger charge is -2.06. The van der Waals surface area contributed by atoms with Crippen LogP contribution in [0.1, 0.15) is 19.4 Å². The molecule has 0 saturated carbocycles. The van der Waals surface area contributed by atoms with Crippen LogP contribution in [0.2, 0.25) is 5.02 Å². The van der Waals surface area contributed by atoms with Crippen molar-refractivity contribution in [1.82, 2.24) is 10.2 Å². The number of rotatable bonds is 5. The largest absolute Gasteiger partial charge is 0.494 e. The zero-order valence-corrected chi connectivity index (χ0v) is 12.4. The molecule has 0 unspecified atom stereocenters. The van der Waals surface area contributed by atoms with E-state index in [1.54, 1.807) is 0 Å². The first-order chi connectivity index (χ1) is 10.1. The summed E-state index contributed by atoms with van der Waals surface area (Å²) < 4.78 is 5.38. The van der Waals surface area contributed by atoms with E-state index in [-0.39, 0.29) is 5.02 Å². The number of anilines is 1. The van der Waals surface area contributed by atoms with Gasteiger partial charge in [-0.2, -0.15) is 10.2 Å². The normalized spacial score (nSPS) is 11.3. The average Bonchev–Trinajstić information content (AvgIpc) is 2.49. The first kappa shape index (κ1) is 15.1. The van der Waals surface area contributed by atoms with E-state index in [0.29, 0.717) is 12.3 Å². The second-order valence-corrected chi connectivity index (χ2v) is 4.57. The number of halogens is 1. The number of hydrogen-bond acceptors (Lipinski definition) is 5. The monoisotopic (exact) mass is 306 g/mol. The number of benzene rings is 1. The minimum absolute atomic E-state index is 0.0215. The summed E-state index contributed by atoms with van der Waals surface area (Å²) in [5.74, 6) is 0.809. The number of hydrazone groups is 1. The molecule has 1 aromatic heterocycles. The number of nitrogens with zero attached hydrogens (tertiary/aromatic N) is 2. The van der Waals surface area contributed by atoms with Gasteiger partial charge in [-0.3, -0.25) is 10.2 Å². The Morgan fingerprint density at radius 3 is 2.81 bits per heavy atom. The molecule has 7 heteroatoms. The van der Waals surface area contributed by atoms with Gasteiger partial charge in [0, 0.05) is 0 Å². The molecule has 0 aliphatic heterocycles. The Kier molecular flexibility index (Phi) is 4.94. The second-order valence-electron chi connectivity index (χ2n) is 4.19. The van der Waals surface area contributed by atoms with Gasteiger partial charge in [-0.15, -0.1) is 0 Å². The van der Waals surface area contributed by atoms with Crippen molar-refractivity contribution in [3.63, 3.8) is 0 Å². The van der Waals surface area contributed by atoms with E-state index in [4.69, 9.17) is 16.3 Å². The van der Waals surface area contributed by atoms with Gasteiger partial charge < -0.3 is 4.74 Å². The molecule has 6 nitrogen and oxygen atoms in total. The lowest BCUT2D eigenvalue weighted by atomic mass is 10.1. The molecule has 2 N–H and O–H groups in total. The van der Waals surface area contributed by atoms with Crippen molar-refractivity contribution < 1.29 is 4.74 Å². The van der Waals surface area contributed by atoms with Crippen LogP contribution in [0.4, 0.5) is 5.69 Å². The minimum Gasteiger partial charge on any atom is -0.494 e. The highest BCUT2D eigenvalue weighted by Crippen LogP contribution is 2.16. The van der Waals surface area contributed by atoms with E-state index in [9.17, 15) is 4.79 Å². The van der Waals surface area contributed by atoms with Crippen LogP contribution in [0.25, 0.3) is 0 Å². The van der Waals surface area contributed by atoms with Gasteiger partial charge in [0.15, 0.2) is 0 Å². The van der Waals surface area contributed by atoms with Crippen molar-refractivity contribution in [3.05, 3.63) is 51.4 Å². The fourth-order valence-corrected chi connectivity index (χ4v) is 1.76. The Labute approximate surface area is 126 Å². The van der Waals surface area contributed by atoms with Crippen molar-refractivity contribution in [2.45, 2.75) is 13.8 Å². The van der Waals surface area contributed by atoms with Crippen LogP contribution in [-0.2, 0) is 0 Å². The van der Waals surface area contributed by atoms with Crippen molar-refractivity contribution >= 4 is 23.0 Å². The van der Waals surface area contributed by atoms with E-state index in [2.05, 4.69) is 20.7 Å². The Bertz CT molecular complexity index is 695. The molecule has 0 aliphatic carbocycles. The number of ether oxygens (including phenoxy) is 1. The molecule has 0 radical (unpaired) electrons. The van der Waals surface area contributed by atoms with Crippen LogP contribution >= 0.6 is 11.6 Å². The maximum Gasteiger partial charge on any atom is 0.285 e. The molecule has 0 aliphatic rings. The molecular weight excluding hydrogens is 292 g/mol. The van der Waals surface area contributed by atoms with Gasteiger partial charge in [0.05, 0.1) is 18.5 Å². The number of H-pyrrole nitrogens is 1. The molecule has 0 amide bonds. The van der Waals surface area contributed by atoms with Gasteiger partial charge in [0.2, 0.25) is 0 Å². The van der Waals surface area contributed by atoms with Gasteiger partial charge in [-0.05, 0) is 43.7 Å². The molecule has 2 rings (SSSR count). The third-order valence-corrected chi connectivity index (χ3v) is 3.10. The van der Waals surface area contributed by atoms with Gasteiger partial charge >= 0.3 is 0 Å². The zero-order valence-electron chi connectivity index (χ0n) is 11.7. The molecule has 0 saturated heterocycles. The van der Waals surface area contributed by atoms with E-state index in [1.807, 2.05) is 38.1 Å². The summed E-state index contributed by atoms with van der Waals surface area (Å²) in [4.78, 5) is 11.3. The molecule has 0 fully saturated rings. The van der Waals surface area contributed by atoms with Crippen LogP contribution in [0.3, 0.4) is 0 Å². The van der Waals surface area contributed by atoms with E-state index in [1.165, 1.54) is 6.20 Å². The third kappa shape index (κ3) is 3.82. The predicted octanol–water partition coefficient (Wildman–Crippen LogP) is 2.66. The lowest BCUT2D eigenvalue weighted by molar-refractivity contribution is 0.340. The maximum absolute atomic E-state index is 11.3. The van der Waals surface area contributed by atoms with E-state index in [0.717, 1.165) is 17.0 Å². The topological polar surface area (TPSA) is 79.4 Å². The van der Waals surface area contributed by atoms with Crippen LogP contribution in [0.5, 0.6) is 5.75 Å². The summed E-state index contributed by atoms with van der Waals surface area (Å²) in [5, 5.41) is 10.1. The summed E-state index contributed by atoms with van der Waals surface area (Å²) in [6.07, 6.45) is 1.40. The highest BCUT2D eigenvalue weighted by molar-refractivity contribution is 6.32. The molecule has 110 valence electrons. The average molecular weight is 307 g/mol. The molecular formula is C14H15ClN4O2. The van der Waals surface area contributed by atoms with E-state index < -0.39 is 5.56 Å². The summed E-state index contributed by atoms with van der Waals surface area (Å²) in [7, 11) is 0. The van der Waals surface area contributed by atoms with Gasteiger partial charge in [-0.25, -0.2) is 5.10 Å². The van der Waals surface area contributed by atoms with Gasteiger partial charge in [0.1, 0.15) is 16.5 Å². The first-order valence-corrected chi connectivity index (χ1v) is 6.76. The number of aromatic nitrogens is 2. The van der Waals surface area contributed by atoms with Crippen molar-refractivity contribution in [3.8, 4) is 5.75 Å². The van der Waals surface area contributed by atoms with E-state index >= 15 is 0 Å². The summed E-state index contributed by atoms with van der Waals surface area (Å²) in [5.41, 5.74) is 4.30. The van der Waals surface area contributed by atoms with Crippen LogP contribution in [-0.4, -0.2) is 22.5 Å². The highest BCUT2D eigenvalue weighted by Gasteiger charge is 2.04. The Balaban J connectivity index is 2.13. The highest BCUT2D eigenvalue weighted by atomic mass is 35.5. The SMILES string of the molecule is CCOc1ccc(/C(C)=N\Nc2cn[nH]c(=O)c2Cl)cc1. The fraction of sp³-hybridized carbons (Fsp3) is 0.214. The van der Waals surface area contributed by atoms with Crippen LogP contribution in [0, 0.1) is 0 Å². The molecule has 0 bridgehead atoms. The predicted molar refractivity (Wildman–Crippen MR) is 83.3 cm³/mol. The van der Waals surface area contributed by atoms with Crippen LogP contribution in [0.15, 0.2) is 40.4 Å². The minimum atomic E-state index is -0.462. The lowest BCUT2D eigenvalue weighted by Crippen LogP contribution is -2.10. The third-order valence-electron chi connectivity index (χ3n) is 2.72. The van der Waals surface area contributed by atoms with Crippen LogP contribution < -0.4 is 15.7 Å². The fourth-order valence-electron chi connectivity index (χ4n) is 1.63. The molecule has 1 aromatic carbocycles. The maximum atomic E-state index is 11.3. The standard InChI is InChI=1S/C14H15ClN4O2/c1-3-21-11-6-4-10(5-7-11)9(2)17-18-12-8-16-19-14(20)13(12)15/h4-8H,3H2,1-2H3,(H2,18,19,20)/b17-9-. The molecule has 0 atom stereocenters. The summed E-state index contributed by atoms with van der Waals surface area (Å²) in [6.45, 7) is 4.41. The van der Waals surface area contributed by atoms with Crippen molar-refractivity contribution in [2.24, 2.45) is 5.10 Å². The van der Waals surface area contributed by atoms with Gasteiger partial charge in [-0.1, -0.05) is 11.6 Å². The number of aromatic amines is 1. The summed E-state index contributed by atoms with van der Waals surface area (Å²) in [6, 6.07) is 7.56.